The summed E-state index contributed by atoms with van der Waals surface area (Å²) in [4.78, 5) is 0. The number of hydrogen-bond acceptors (Lipinski definition) is 3. The van der Waals surface area contributed by atoms with Gasteiger partial charge in [0, 0.05) is 11.1 Å². The molecule has 4 rings (SSSR count). The lowest BCUT2D eigenvalue weighted by Crippen LogP contribution is -2.15. The maximum atomic E-state index is 7.08. The second-order valence-corrected chi connectivity index (χ2v) is 8.71. The van der Waals surface area contributed by atoms with Crippen molar-refractivity contribution in [1.29, 1.82) is 0 Å². The Kier molecular flexibility index (Phi) is 8.96. The van der Waals surface area contributed by atoms with Crippen molar-refractivity contribution in [2.75, 3.05) is 14.2 Å². The second kappa shape index (κ2) is 12.8. The molecule has 0 saturated heterocycles. The largest absolute Gasteiger partial charge is 0.496 e. The summed E-state index contributed by atoms with van der Waals surface area (Å²) in [5, 5.41) is 0. The minimum atomic E-state index is -0.374. The zero-order valence-corrected chi connectivity index (χ0v) is 21.9. The minimum Gasteiger partial charge on any atom is -0.496 e. The van der Waals surface area contributed by atoms with Crippen LogP contribution in [0.25, 0.3) is 12.2 Å². The van der Waals surface area contributed by atoms with Crippen molar-refractivity contribution in [2.45, 2.75) is 26.1 Å². The molecule has 2 unspecified atom stereocenters. The summed E-state index contributed by atoms with van der Waals surface area (Å²) in [5.74, 6) is 1.57. The number of rotatable bonds is 10. The van der Waals surface area contributed by atoms with E-state index in [1.54, 1.807) is 14.2 Å². The first-order valence-electron chi connectivity index (χ1n) is 12.5. The van der Waals surface area contributed by atoms with E-state index in [2.05, 4.69) is 72.8 Å². The summed E-state index contributed by atoms with van der Waals surface area (Å²) in [6, 6.07) is 33.1. The van der Waals surface area contributed by atoms with Crippen LogP contribution in [-0.4, -0.2) is 14.2 Å². The van der Waals surface area contributed by atoms with Gasteiger partial charge in [0.05, 0.1) is 14.2 Å². The lowest BCUT2D eigenvalue weighted by atomic mass is 9.96. The predicted molar refractivity (Wildman–Crippen MR) is 153 cm³/mol. The molecule has 0 heterocycles. The molecule has 0 radical (unpaired) electrons. The number of hydrogen-bond donors (Lipinski definition) is 0. The highest BCUT2D eigenvalue weighted by Crippen LogP contribution is 2.41. The third-order valence-corrected chi connectivity index (χ3v) is 6.31. The lowest BCUT2D eigenvalue weighted by Gasteiger charge is -2.28. The van der Waals surface area contributed by atoms with Gasteiger partial charge >= 0.3 is 0 Å². The van der Waals surface area contributed by atoms with Gasteiger partial charge in [0.25, 0.3) is 0 Å². The van der Waals surface area contributed by atoms with Crippen LogP contribution in [0.2, 0.25) is 0 Å². The first-order valence-corrected chi connectivity index (χ1v) is 12.5. The van der Waals surface area contributed by atoms with Crippen LogP contribution < -0.4 is 9.47 Å². The Balaban J connectivity index is 1.85. The van der Waals surface area contributed by atoms with Crippen molar-refractivity contribution >= 4 is 12.2 Å². The zero-order valence-electron chi connectivity index (χ0n) is 21.9. The Morgan fingerprint density at radius 3 is 1.24 bits per heavy atom. The highest BCUT2D eigenvalue weighted by Gasteiger charge is 2.27. The Morgan fingerprint density at radius 1 is 0.514 bits per heavy atom. The Hall–Kier alpha value is -4.08. The van der Waals surface area contributed by atoms with Gasteiger partial charge in [-0.25, -0.2) is 0 Å². The fourth-order valence-corrected chi connectivity index (χ4v) is 4.51. The molecule has 0 aliphatic heterocycles. The summed E-state index contributed by atoms with van der Waals surface area (Å²) in [6.45, 7) is 4.04. The Morgan fingerprint density at radius 2 is 0.892 bits per heavy atom. The molecule has 0 amide bonds. The van der Waals surface area contributed by atoms with E-state index < -0.39 is 0 Å². The quantitative estimate of drug-likeness (QED) is 0.223. The van der Waals surface area contributed by atoms with E-state index in [-0.39, 0.29) is 12.2 Å². The van der Waals surface area contributed by atoms with Gasteiger partial charge < -0.3 is 14.2 Å². The summed E-state index contributed by atoms with van der Waals surface area (Å²) < 4.78 is 18.6. The predicted octanol–water partition coefficient (Wildman–Crippen LogP) is 8.67. The first kappa shape index (κ1) is 26.0. The average molecular weight is 491 g/mol. The van der Waals surface area contributed by atoms with Crippen molar-refractivity contribution in [3.8, 4) is 11.5 Å². The van der Waals surface area contributed by atoms with Crippen molar-refractivity contribution in [3.63, 3.8) is 0 Å². The molecule has 0 saturated carbocycles. The summed E-state index contributed by atoms with van der Waals surface area (Å²) in [6.07, 6.45) is 7.51. The minimum absolute atomic E-state index is 0.374. The normalized spacial score (nSPS) is 13.1. The molecule has 0 aliphatic carbocycles. The molecule has 188 valence electrons. The van der Waals surface area contributed by atoms with Gasteiger partial charge in [0.1, 0.15) is 23.7 Å². The van der Waals surface area contributed by atoms with Gasteiger partial charge in [-0.3, -0.25) is 0 Å². The molecule has 3 heteroatoms. The smallest absolute Gasteiger partial charge is 0.125 e. The summed E-state index contributed by atoms with van der Waals surface area (Å²) >= 11 is 0. The van der Waals surface area contributed by atoms with Crippen LogP contribution in [0.15, 0.2) is 109 Å². The average Bonchev–Trinajstić information content (AvgIpc) is 2.95. The van der Waals surface area contributed by atoms with Gasteiger partial charge in [-0.05, 0) is 48.2 Å². The SMILES string of the molecule is CC=Cc1ccc(C(OC(c2ccc(C=CC)cc2)c2ccccc2OC)c2ccccc2OC)cc1. The van der Waals surface area contributed by atoms with E-state index in [0.29, 0.717) is 0 Å². The van der Waals surface area contributed by atoms with E-state index in [1.165, 1.54) is 0 Å². The third kappa shape index (κ3) is 6.19. The van der Waals surface area contributed by atoms with E-state index in [0.717, 1.165) is 44.9 Å². The van der Waals surface area contributed by atoms with E-state index in [9.17, 15) is 0 Å². The molecule has 3 nitrogen and oxygen atoms in total. The fourth-order valence-electron chi connectivity index (χ4n) is 4.51. The summed E-state index contributed by atoms with van der Waals surface area (Å²) in [7, 11) is 3.39. The van der Waals surface area contributed by atoms with Gasteiger partial charge in [0.15, 0.2) is 0 Å². The van der Waals surface area contributed by atoms with Crippen molar-refractivity contribution < 1.29 is 14.2 Å². The van der Waals surface area contributed by atoms with Crippen LogP contribution in [-0.2, 0) is 4.74 Å². The first-order chi connectivity index (χ1) is 18.2. The zero-order chi connectivity index (χ0) is 26.0. The monoisotopic (exact) mass is 490 g/mol. The van der Waals surface area contributed by atoms with Crippen molar-refractivity contribution in [2.24, 2.45) is 0 Å². The number of para-hydroxylation sites is 2. The molecular formula is C34H34O3. The van der Waals surface area contributed by atoms with E-state index in [1.807, 2.05) is 62.4 Å². The number of benzene rings is 4. The standard InChI is InChI=1S/C34H34O3/c1-5-11-25-17-21-27(22-18-25)33(29-13-7-9-15-31(29)35-3)37-34(30-14-8-10-16-32(30)36-4)28-23-19-26(12-6-2)20-24-28/h5-24,33-34H,1-4H3. The highest BCUT2D eigenvalue weighted by molar-refractivity contribution is 5.52. The van der Waals surface area contributed by atoms with Crippen molar-refractivity contribution in [3.05, 3.63) is 143 Å². The van der Waals surface area contributed by atoms with E-state index in [4.69, 9.17) is 14.2 Å². The van der Waals surface area contributed by atoms with Crippen LogP contribution in [0.3, 0.4) is 0 Å². The van der Waals surface area contributed by atoms with Crippen LogP contribution in [0.5, 0.6) is 11.5 Å². The number of allylic oxidation sites excluding steroid dienone is 2. The molecular weight excluding hydrogens is 456 g/mol. The molecule has 4 aromatic rings. The van der Waals surface area contributed by atoms with Gasteiger partial charge in [-0.2, -0.15) is 0 Å². The van der Waals surface area contributed by atoms with Crippen LogP contribution in [0.4, 0.5) is 0 Å². The third-order valence-electron chi connectivity index (χ3n) is 6.31. The lowest BCUT2D eigenvalue weighted by molar-refractivity contribution is 0.0283. The highest BCUT2D eigenvalue weighted by atomic mass is 16.5. The molecule has 0 N–H and O–H groups in total. The topological polar surface area (TPSA) is 27.7 Å². The van der Waals surface area contributed by atoms with E-state index >= 15 is 0 Å². The molecule has 2 atom stereocenters. The Labute approximate surface area is 220 Å². The molecule has 37 heavy (non-hydrogen) atoms. The molecule has 0 spiro atoms. The van der Waals surface area contributed by atoms with Gasteiger partial charge in [-0.1, -0.05) is 109 Å². The maximum Gasteiger partial charge on any atom is 0.125 e. The molecule has 4 aromatic carbocycles. The van der Waals surface area contributed by atoms with Crippen LogP contribution >= 0.6 is 0 Å². The molecule has 0 aromatic heterocycles. The van der Waals surface area contributed by atoms with Crippen LogP contribution in [0.1, 0.15) is 59.4 Å². The van der Waals surface area contributed by atoms with Crippen molar-refractivity contribution in [1.82, 2.24) is 0 Å². The maximum absolute atomic E-state index is 7.08. The second-order valence-electron chi connectivity index (χ2n) is 8.71. The fraction of sp³-hybridized carbons (Fsp3) is 0.176. The Bertz CT molecular complexity index is 1230. The number of methoxy groups -OCH3 is 2. The molecule has 0 fully saturated rings. The van der Waals surface area contributed by atoms with Gasteiger partial charge in [0.2, 0.25) is 0 Å². The molecule has 0 aliphatic rings. The number of ether oxygens (including phenoxy) is 3. The summed E-state index contributed by atoms with van der Waals surface area (Å²) in [5.41, 5.74) is 6.31. The van der Waals surface area contributed by atoms with Gasteiger partial charge in [-0.15, -0.1) is 0 Å². The molecule has 0 bridgehead atoms. The van der Waals surface area contributed by atoms with Crippen LogP contribution in [0, 0.1) is 0 Å².